The molecule has 0 radical (unpaired) electrons. The number of nitrogens with zero attached hydrogens (tertiary/aromatic N) is 1. The maximum Gasteiger partial charge on any atom is 0.264 e. The highest BCUT2D eigenvalue weighted by molar-refractivity contribution is 7.86. The summed E-state index contributed by atoms with van der Waals surface area (Å²) in [6.45, 7) is 1.37. The highest BCUT2D eigenvalue weighted by Crippen LogP contribution is 2.23. The smallest absolute Gasteiger partial charge is 0.264 e. The van der Waals surface area contributed by atoms with Gasteiger partial charge in [0.15, 0.2) is 0 Å². The van der Waals surface area contributed by atoms with Crippen molar-refractivity contribution in [2.24, 2.45) is 0 Å². The van der Waals surface area contributed by atoms with E-state index in [-0.39, 0.29) is 6.10 Å². The SMILES string of the molecule is CS(=O)(=O)OC1CN(C(P)P)C1. The van der Waals surface area contributed by atoms with Gasteiger partial charge in [-0.25, -0.2) is 0 Å². The Hall–Kier alpha value is 0.730. The molecule has 1 fully saturated rings. The van der Waals surface area contributed by atoms with E-state index in [1.165, 1.54) is 0 Å². The Balaban J connectivity index is 2.27. The first-order valence-electron chi connectivity index (χ1n) is 3.52. The predicted molar refractivity (Wildman–Crippen MR) is 54.5 cm³/mol. The second-order valence-electron chi connectivity index (χ2n) is 2.87. The second-order valence-corrected chi connectivity index (χ2v) is 6.60. The summed E-state index contributed by atoms with van der Waals surface area (Å²) >= 11 is 0. The van der Waals surface area contributed by atoms with Crippen molar-refractivity contribution in [3.05, 3.63) is 0 Å². The molecular formula is C5H13NO3P2S. The molecule has 4 nitrogen and oxygen atoms in total. The van der Waals surface area contributed by atoms with Crippen LogP contribution in [0.5, 0.6) is 0 Å². The zero-order valence-electron chi connectivity index (χ0n) is 6.80. The fraction of sp³-hybridized carbons (Fsp3) is 1.00. The molecule has 0 aromatic carbocycles. The van der Waals surface area contributed by atoms with Crippen molar-refractivity contribution in [3.63, 3.8) is 0 Å². The van der Waals surface area contributed by atoms with E-state index in [0.717, 1.165) is 6.26 Å². The molecule has 72 valence electrons. The Labute approximate surface area is 77.6 Å². The van der Waals surface area contributed by atoms with E-state index in [0.29, 0.717) is 18.6 Å². The van der Waals surface area contributed by atoms with Crippen LogP contribution in [-0.4, -0.2) is 44.3 Å². The molecule has 0 amide bonds. The van der Waals surface area contributed by atoms with Crippen molar-refractivity contribution in [2.75, 3.05) is 19.3 Å². The van der Waals surface area contributed by atoms with Crippen molar-refractivity contribution in [3.8, 4) is 0 Å². The zero-order valence-corrected chi connectivity index (χ0v) is 9.93. The van der Waals surface area contributed by atoms with Crippen LogP contribution in [-0.2, 0) is 14.3 Å². The Bertz CT molecular complexity index is 247. The highest BCUT2D eigenvalue weighted by atomic mass is 32.2. The molecule has 1 aliphatic rings. The third kappa shape index (κ3) is 3.23. The molecule has 0 saturated carbocycles. The van der Waals surface area contributed by atoms with E-state index < -0.39 is 10.1 Å². The van der Waals surface area contributed by atoms with Gasteiger partial charge in [-0.2, -0.15) is 8.42 Å². The summed E-state index contributed by atoms with van der Waals surface area (Å²) in [7, 11) is 1.97. The maximum absolute atomic E-state index is 10.7. The van der Waals surface area contributed by atoms with Gasteiger partial charge in [0.25, 0.3) is 10.1 Å². The number of likely N-dealkylation sites (tertiary alicyclic amines) is 1. The van der Waals surface area contributed by atoms with Crippen LogP contribution in [0.3, 0.4) is 0 Å². The number of hydrogen-bond acceptors (Lipinski definition) is 4. The number of hydrogen-bond donors (Lipinski definition) is 0. The largest absolute Gasteiger partial charge is 0.288 e. The van der Waals surface area contributed by atoms with Crippen LogP contribution < -0.4 is 0 Å². The summed E-state index contributed by atoms with van der Waals surface area (Å²) in [6, 6.07) is 0. The summed E-state index contributed by atoms with van der Waals surface area (Å²) in [5.74, 6) is 0. The van der Waals surface area contributed by atoms with Gasteiger partial charge in [-0.3, -0.25) is 9.08 Å². The van der Waals surface area contributed by atoms with Gasteiger partial charge in [0.1, 0.15) is 6.10 Å². The molecule has 7 heteroatoms. The summed E-state index contributed by atoms with van der Waals surface area (Å²) in [6.07, 6.45) is 0.928. The van der Waals surface area contributed by atoms with Crippen molar-refractivity contribution >= 4 is 28.6 Å². The highest BCUT2D eigenvalue weighted by Gasteiger charge is 2.31. The molecule has 2 atom stereocenters. The minimum absolute atomic E-state index is 0.149. The van der Waals surface area contributed by atoms with Gasteiger partial charge in [-0.05, 0) is 0 Å². The summed E-state index contributed by atoms with van der Waals surface area (Å²) in [5, 5.41) is 0. The fourth-order valence-corrected chi connectivity index (χ4v) is 2.12. The van der Waals surface area contributed by atoms with Crippen LogP contribution in [0, 0.1) is 0 Å². The number of rotatable bonds is 3. The van der Waals surface area contributed by atoms with E-state index in [1.807, 2.05) is 0 Å². The normalized spacial score (nSPS) is 21.3. The predicted octanol–water partition coefficient (Wildman–Crippen LogP) is -0.319. The first kappa shape index (κ1) is 10.8. The minimum atomic E-state index is -3.27. The van der Waals surface area contributed by atoms with E-state index in [9.17, 15) is 8.42 Å². The lowest BCUT2D eigenvalue weighted by atomic mass is 10.2. The second kappa shape index (κ2) is 3.85. The Morgan fingerprint density at radius 2 is 2.00 bits per heavy atom. The van der Waals surface area contributed by atoms with Crippen molar-refractivity contribution in [2.45, 2.75) is 11.6 Å². The molecule has 12 heavy (non-hydrogen) atoms. The monoisotopic (exact) mass is 229 g/mol. The van der Waals surface area contributed by atoms with Gasteiger partial charge in [0, 0.05) is 18.6 Å². The maximum atomic E-state index is 10.7. The fourth-order valence-electron chi connectivity index (χ4n) is 1.02. The van der Waals surface area contributed by atoms with Crippen LogP contribution in [0.2, 0.25) is 0 Å². The van der Waals surface area contributed by atoms with E-state index >= 15 is 0 Å². The molecule has 0 bridgehead atoms. The first-order chi connectivity index (χ1) is 5.38. The lowest BCUT2D eigenvalue weighted by Gasteiger charge is -2.40. The standard InChI is InChI=1S/C5H13NO3P2S/c1-12(7,8)9-4-2-6(3-4)5(10)11/h4-5H,2-3,10-11H2,1H3. The van der Waals surface area contributed by atoms with Crippen LogP contribution in [0.15, 0.2) is 0 Å². The van der Waals surface area contributed by atoms with Gasteiger partial charge in [0.2, 0.25) is 0 Å². The third-order valence-corrected chi connectivity index (χ3v) is 3.07. The molecule has 1 rings (SSSR count). The zero-order chi connectivity index (χ0) is 9.35. The van der Waals surface area contributed by atoms with Gasteiger partial charge >= 0.3 is 0 Å². The lowest BCUT2D eigenvalue weighted by molar-refractivity contribution is 0.0331. The molecule has 0 spiro atoms. The van der Waals surface area contributed by atoms with E-state index in [1.54, 1.807) is 0 Å². The Kier molecular flexibility index (Phi) is 3.47. The molecule has 1 saturated heterocycles. The first-order valence-corrected chi connectivity index (χ1v) is 6.67. The quantitative estimate of drug-likeness (QED) is 0.491. The van der Waals surface area contributed by atoms with Gasteiger partial charge < -0.3 is 0 Å². The summed E-state index contributed by atoms with van der Waals surface area (Å²) in [5.41, 5.74) is 0.310. The topological polar surface area (TPSA) is 46.6 Å². The summed E-state index contributed by atoms with van der Waals surface area (Å²) < 4.78 is 26.1. The molecular weight excluding hydrogens is 216 g/mol. The lowest BCUT2D eigenvalue weighted by Crippen LogP contribution is -2.53. The molecule has 1 heterocycles. The van der Waals surface area contributed by atoms with Crippen LogP contribution in [0.4, 0.5) is 0 Å². The van der Waals surface area contributed by atoms with Gasteiger partial charge in [-0.1, -0.05) is 0 Å². The average molecular weight is 229 g/mol. The summed E-state index contributed by atoms with van der Waals surface area (Å²) in [4.78, 5) is 2.09. The van der Waals surface area contributed by atoms with Crippen molar-refractivity contribution in [1.82, 2.24) is 4.90 Å². The van der Waals surface area contributed by atoms with Crippen LogP contribution in [0.1, 0.15) is 0 Å². The minimum Gasteiger partial charge on any atom is -0.288 e. The molecule has 2 unspecified atom stereocenters. The van der Waals surface area contributed by atoms with Gasteiger partial charge in [0.05, 0.1) is 6.26 Å². The molecule has 0 aromatic heterocycles. The van der Waals surface area contributed by atoms with Crippen LogP contribution >= 0.6 is 18.5 Å². The molecule has 0 N–H and O–H groups in total. The van der Waals surface area contributed by atoms with E-state index in [2.05, 4.69) is 23.4 Å². The molecule has 0 aromatic rings. The van der Waals surface area contributed by atoms with Crippen molar-refractivity contribution in [1.29, 1.82) is 0 Å². The van der Waals surface area contributed by atoms with Crippen LogP contribution in [0.25, 0.3) is 0 Å². The molecule has 1 aliphatic heterocycles. The Morgan fingerprint density at radius 1 is 1.50 bits per heavy atom. The van der Waals surface area contributed by atoms with Gasteiger partial charge in [-0.15, -0.1) is 18.5 Å². The average Bonchev–Trinajstić information content (AvgIpc) is 1.74. The Morgan fingerprint density at radius 3 is 2.33 bits per heavy atom. The van der Waals surface area contributed by atoms with Crippen molar-refractivity contribution < 1.29 is 12.6 Å². The van der Waals surface area contributed by atoms with E-state index in [4.69, 9.17) is 4.18 Å². The third-order valence-electron chi connectivity index (χ3n) is 1.61. The molecule has 0 aliphatic carbocycles.